The topological polar surface area (TPSA) is 50.1 Å². The predicted octanol–water partition coefficient (Wildman–Crippen LogP) is 1.13. The smallest absolute Gasteiger partial charge is 0.126 e. The van der Waals surface area contributed by atoms with E-state index in [0.717, 1.165) is 37.4 Å². The number of fused-ring (bicyclic) bond motifs is 1. The largest absolute Gasteiger partial charge is 0.387 e. The van der Waals surface area contributed by atoms with Gasteiger partial charge in [0.25, 0.3) is 0 Å². The van der Waals surface area contributed by atoms with E-state index in [1.54, 1.807) is 0 Å². The van der Waals surface area contributed by atoms with Gasteiger partial charge in [-0.15, -0.1) is 0 Å². The van der Waals surface area contributed by atoms with Gasteiger partial charge in [0.1, 0.15) is 5.82 Å². The first-order valence-corrected chi connectivity index (χ1v) is 5.83. The molecule has 0 spiro atoms. The van der Waals surface area contributed by atoms with Gasteiger partial charge in [0, 0.05) is 6.54 Å². The summed E-state index contributed by atoms with van der Waals surface area (Å²) in [4.78, 5) is 4.47. The molecule has 0 amide bonds. The molecule has 0 aromatic carbocycles. The van der Waals surface area contributed by atoms with E-state index in [9.17, 15) is 5.11 Å². The van der Waals surface area contributed by atoms with E-state index >= 15 is 0 Å². The summed E-state index contributed by atoms with van der Waals surface area (Å²) in [6, 6.07) is 0.407. The highest BCUT2D eigenvalue weighted by atomic mass is 16.3. The van der Waals surface area contributed by atoms with Crippen molar-refractivity contribution in [3.05, 3.63) is 17.7 Å². The van der Waals surface area contributed by atoms with Gasteiger partial charge in [0.05, 0.1) is 24.0 Å². The molecule has 1 aromatic rings. The Labute approximate surface area is 89.3 Å². The molecule has 1 saturated heterocycles. The van der Waals surface area contributed by atoms with Gasteiger partial charge in [-0.3, -0.25) is 0 Å². The maximum Gasteiger partial charge on any atom is 0.126 e. The maximum atomic E-state index is 9.84. The minimum Gasteiger partial charge on any atom is -0.387 e. The van der Waals surface area contributed by atoms with Crippen LogP contribution >= 0.6 is 0 Å². The first-order chi connectivity index (χ1) is 7.36. The van der Waals surface area contributed by atoms with Gasteiger partial charge in [-0.25, -0.2) is 4.98 Å². The Morgan fingerprint density at radius 3 is 3.13 bits per heavy atom. The van der Waals surface area contributed by atoms with E-state index in [1.807, 2.05) is 6.20 Å². The summed E-state index contributed by atoms with van der Waals surface area (Å²) in [6.07, 6.45) is 5.88. The zero-order valence-corrected chi connectivity index (χ0v) is 8.82. The highest BCUT2D eigenvalue weighted by molar-refractivity contribution is 5.14. The lowest BCUT2D eigenvalue weighted by Gasteiger charge is -2.22. The Balaban J connectivity index is 1.95. The quantitative estimate of drug-likeness (QED) is 0.726. The second-order valence-electron chi connectivity index (χ2n) is 4.50. The maximum absolute atomic E-state index is 9.84. The Hall–Kier alpha value is -0.870. The lowest BCUT2D eigenvalue weighted by molar-refractivity contribution is 0.138. The molecule has 2 aliphatic heterocycles. The Morgan fingerprint density at radius 1 is 1.40 bits per heavy atom. The summed E-state index contributed by atoms with van der Waals surface area (Å²) in [6.45, 7) is 2.11. The standard InChI is InChI=1S/C11H17N3O/c15-10-4-2-6-14-9(10)7-13-11(14)8-3-1-5-12-8/h7-8,10,12,15H,1-6H2. The van der Waals surface area contributed by atoms with Crippen molar-refractivity contribution in [1.29, 1.82) is 0 Å². The SMILES string of the molecule is OC1CCCn2c1cnc2C1CCCN1. The molecule has 3 rings (SSSR count). The van der Waals surface area contributed by atoms with E-state index in [-0.39, 0.29) is 6.10 Å². The number of hydrogen-bond acceptors (Lipinski definition) is 3. The second-order valence-corrected chi connectivity index (χ2v) is 4.50. The van der Waals surface area contributed by atoms with Gasteiger partial charge < -0.3 is 15.0 Å². The van der Waals surface area contributed by atoms with Crippen molar-refractivity contribution < 1.29 is 5.11 Å². The van der Waals surface area contributed by atoms with Crippen molar-refractivity contribution in [2.24, 2.45) is 0 Å². The Morgan fingerprint density at radius 2 is 2.33 bits per heavy atom. The molecular formula is C11H17N3O. The minimum atomic E-state index is -0.304. The average Bonchev–Trinajstić information content (AvgIpc) is 2.85. The fraction of sp³-hybridized carbons (Fsp3) is 0.727. The average molecular weight is 207 g/mol. The molecule has 2 aliphatic rings. The number of aromatic nitrogens is 2. The van der Waals surface area contributed by atoms with Crippen molar-refractivity contribution in [1.82, 2.24) is 14.9 Å². The molecule has 15 heavy (non-hydrogen) atoms. The fourth-order valence-corrected chi connectivity index (χ4v) is 2.69. The molecule has 4 nitrogen and oxygen atoms in total. The fourth-order valence-electron chi connectivity index (χ4n) is 2.69. The molecule has 0 saturated carbocycles. The number of aliphatic hydroxyl groups is 1. The Bertz CT molecular complexity index is 355. The van der Waals surface area contributed by atoms with E-state index in [2.05, 4.69) is 14.9 Å². The van der Waals surface area contributed by atoms with Gasteiger partial charge in [0.2, 0.25) is 0 Å². The van der Waals surface area contributed by atoms with Crippen LogP contribution < -0.4 is 5.32 Å². The zero-order valence-electron chi connectivity index (χ0n) is 8.82. The van der Waals surface area contributed by atoms with E-state index in [4.69, 9.17) is 0 Å². The molecule has 2 N–H and O–H groups in total. The van der Waals surface area contributed by atoms with Crippen molar-refractivity contribution in [2.45, 2.75) is 44.4 Å². The number of rotatable bonds is 1. The number of nitrogens with one attached hydrogen (secondary N) is 1. The highest BCUT2D eigenvalue weighted by Gasteiger charge is 2.26. The molecule has 3 heterocycles. The van der Waals surface area contributed by atoms with Crippen LogP contribution in [0.5, 0.6) is 0 Å². The third kappa shape index (κ3) is 1.48. The van der Waals surface area contributed by atoms with Crippen LogP contribution in [0, 0.1) is 0 Å². The van der Waals surface area contributed by atoms with Gasteiger partial charge >= 0.3 is 0 Å². The van der Waals surface area contributed by atoms with E-state index < -0.39 is 0 Å². The summed E-state index contributed by atoms with van der Waals surface area (Å²) in [7, 11) is 0. The van der Waals surface area contributed by atoms with Crippen LogP contribution in [0.2, 0.25) is 0 Å². The lowest BCUT2D eigenvalue weighted by atomic mass is 10.1. The summed E-state index contributed by atoms with van der Waals surface area (Å²) in [5, 5.41) is 13.3. The molecule has 82 valence electrons. The number of imidazole rings is 1. The normalized spacial score (nSPS) is 30.5. The Kier molecular flexibility index (Phi) is 2.25. The third-order valence-electron chi connectivity index (χ3n) is 3.49. The van der Waals surface area contributed by atoms with Crippen molar-refractivity contribution >= 4 is 0 Å². The van der Waals surface area contributed by atoms with Crippen molar-refractivity contribution in [3.8, 4) is 0 Å². The highest BCUT2D eigenvalue weighted by Crippen LogP contribution is 2.30. The molecule has 4 heteroatoms. The number of hydrogen-bond donors (Lipinski definition) is 2. The van der Waals surface area contributed by atoms with Crippen LogP contribution in [-0.2, 0) is 6.54 Å². The predicted molar refractivity (Wildman–Crippen MR) is 56.4 cm³/mol. The molecule has 1 aromatic heterocycles. The molecule has 2 unspecified atom stereocenters. The molecular weight excluding hydrogens is 190 g/mol. The third-order valence-corrected chi connectivity index (χ3v) is 3.49. The van der Waals surface area contributed by atoms with Crippen LogP contribution in [0.15, 0.2) is 6.20 Å². The molecule has 2 atom stereocenters. The monoisotopic (exact) mass is 207 g/mol. The summed E-state index contributed by atoms with van der Waals surface area (Å²) in [5.74, 6) is 1.13. The van der Waals surface area contributed by atoms with Crippen molar-refractivity contribution in [3.63, 3.8) is 0 Å². The first-order valence-electron chi connectivity index (χ1n) is 5.83. The minimum absolute atomic E-state index is 0.304. The van der Waals surface area contributed by atoms with Gasteiger partial charge in [0.15, 0.2) is 0 Å². The van der Waals surface area contributed by atoms with Gasteiger partial charge in [-0.05, 0) is 32.2 Å². The van der Waals surface area contributed by atoms with Crippen LogP contribution in [0.1, 0.15) is 49.3 Å². The van der Waals surface area contributed by atoms with Crippen LogP contribution in [0.25, 0.3) is 0 Å². The second kappa shape index (κ2) is 3.61. The first kappa shape index (κ1) is 9.36. The number of nitrogens with zero attached hydrogens (tertiary/aromatic N) is 2. The summed E-state index contributed by atoms with van der Waals surface area (Å²) >= 11 is 0. The zero-order chi connectivity index (χ0) is 10.3. The van der Waals surface area contributed by atoms with E-state index in [1.165, 1.54) is 12.8 Å². The molecule has 0 radical (unpaired) electrons. The van der Waals surface area contributed by atoms with Crippen LogP contribution in [0.4, 0.5) is 0 Å². The molecule has 1 fully saturated rings. The van der Waals surface area contributed by atoms with Crippen LogP contribution in [0.3, 0.4) is 0 Å². The van der Waals surface area contributed by atoms with Gasteiger partial charge in [-0.1, -0.05) is 0 Å². The number of aliphatic hydroxyl groups excluding tert-OH is 1. The summed E-state index contributed by atoms with van der Waals surface area (Å²) < 4.78 is 2.21. The lowest BCUT2D eigenvalue weighted by Crippen LogP contribution is -2.22. The van der Waals surface area contributed by atoms with Gasteiger partial charge in [-0.2, -0.15) is 0 Å². The molecule has 0 bridgehead atoms. The van der Waals surface area contributed by atoms with E-state index in [0.29, 0.717) is 6.04 Å². The summed E-state index contributed by atoms with van der Waals surface area (Å²) in [5.41, 5.74) is 1.00. The molecule has 0 aliphatic carbocycles. The van der Waals surface area contributed by atoms with Crippen LogP contribution in [-0.4, -0.2) is 21.2 Å². The van der Waals surface area contributed by atoms with Crippen molar-refractivity contribution in [2.75, 3.05) is 6.54 Å².